The Morgan fingerprint density at radius 1 is 0.662 bits per heavy atom. The maximum Gasteiger partial charge on any atom is 0.198 e. The molecule has 0 spiro atoms. The predicted octanol–water partition coefficient (Wildman–Crippen LogP) is 16.4. The van der Waals surface area contributed by atoms with E-state index in [2.05, 4.69) is 205 Å². The number of aromatic nitrogens is 2. The Balaban J connectivity index is 1.15. The van der Waals surface area contributed by atoms with Crippen molar-refractivity contribution in [3.05, 3.63) is 156 Å². The Hall–Kier alpha value is -6.67. The minimum Gasteiger partial charge on any atom is -0.456 e. The van der Waals surface area contributed by atoms with Crippen molar-refractivity contribution in [2.24, 2.45) is 0 Å². The summed E-state index contributed by atoms with van der Waals surface area (Å²) in [5.41, 5.74) is 18.9. The molecule has 1 aliphatic heterocycles. The zero-order valence-electron chi connectivity index (χ0n) is 39.4. The third kappa shape index (κ3) is 5.82. The van der Waals surface area contributed by atoms with Gasteiger partial charge in [0.1, 0.15) is 16.2 Å². The van der Waals surface area contributed by atoms with E-state index in [-0.39, 0.29) is 16.2 Å². The molecule has 0 atom stereocenters. The Labute approximate surface area is 404 Å². The average Bonchev–Trinajstić information content (AvgIpc) is 4.10. The van der Waals surface area contributed by atoms with Gasteiger partial charge in [-0.15, -0.1) is 22.7 Å². The van der Waals surface area contributed by atoms with Gasteiger partial charge in [-0.2, -0.15) is 0 Å². The fourth-order valence-corrected chi connectivity index (χ4v) is 13.9. The van der Waals surface area contributed by atoms with Crippen molar-refractivity contribution in [2.75, 3.05) is 5.32 Å². The number of rotatable bonds is 4. The minimum atomic E-state index is 0.0401. The van der Waals surface area contributed by atoms with E-state index < -0.39 is 0 Å². The monoisotopic (exact) mass is 914 g/mol. The van der Waals surface area contributed by atoms with Crippen LogP contribution in [0.3, 0.4) is 0 Å². The van der Waals surface area contributed by atoms with Gasteiger partial charge in [0.15, 0.2) is 7.28 Å². The molecule has 1 aliphatic carbocycles. The first kappa shape index (κ1) is 40.4. The Morgan fingerprint density at radius 3 is 2.16 bits per heavy atom. The Bertz CT molecular complexity index is 4120. The maximum absolute atomic E-state index is 6.67. The highest BCUT2D eigenvalue weighted by molar-refractivity contribution is 7.26. The molecule has 1 N–H and O–H groups in total. The second-order valence-corrected chi connectivity index (χ2v) is 23.8. The van der Waals surface area contributed by atoms with E-state index in [0.29, 0.717) is 0 Å². The number of thiazole rings is 1. The van der Waals surface area contributed by atoms with E-state index in [1.165, 1.54) is 85.5 Å². The molecular weight excluding hydrogens is 866 g/mol. The SMILES string of the molecule is CC(C)(C)c1ccc(Nc2cc3oc4ccccc4c3cc2-c2c3c4c(c5cc6c(cc5n4-c4cc5sc(-c7ccccc7)nc5cc4[B]3)C(C)(C)CCC6(C)C)c3c2sc2ccccc23)cc1. The third-order valence-corrected chi connectivity index (χ3v) is 17.7. The summed E-state index contributed by atoms with van der Waals surface area (Å²) in [7, 11) is 2.49. The quantitative estimate of drug-likeness (QED) is 0.179. The summed E-state index contributed by atoms with van der Waals surface area (Å²) >= 11 is 3.71. The lowest BCUT2D eigenvalue weighted by Gasteiger charge is -2.42. The van der Waals surface area contributed by atoms with E-state index in [1.54, 1.807) is 11.3 Å². The average molecular weight is 915 g/mol. The van der Waals surface area contributed by atoms with Crippen LogP contribution in [0.5, 0.6) is 0 Å². The number of anilines is 2. The van der Waals surface area contributed by atoms with E-state index in [4.69, 9.17) is 9.40 Å². The van der Waals surface area contributed by atoms with Gasteiger partial charge < -0.3 is 14.3 Å². The second kappa shape index (κ2) is 14.0. The van der Waals surface area contributed by atoms with E-state index in [1.807, 2.05) is 11.3 Å². The number of nitrogens with one attached hydrogen (secondary N) is 1. The molecular formula is C61H49BN3OS2. The van der Waals surface area contributed by atoms with Crippen LogP contribution >= 0.6 is 22.7 Å². The van der Waals surface area contributed by atoms with E-state index >= 15 is 0 Å². The van der Waals surface area contributed by atoms with Crippen molar-refractivity contribution in [3.8, 4) is 27.4 Å². The molecule has 0 fully saturated rings. The molecule has 0 saturated heterocycles. The van der Waals surface area contributed by atoms with Gasteiger partial charge in [-0.3, -0.25) is 0 Å². The Morgan fingerprint density at radius 2 is 1.38 bits per heavy atom. The zero-order chi connectivity index (χ0) is 46.0. The van der Waals surface area contributed by atoms with Gasteiger partial charge in [0.25, 0.3) is 0 Å². The first-order valence-electron chi connectivity index (χ1n) is 24.0. The van der Waals surface area contributed by atoms with Crippen LogP contribution in [0, 0.1) is 0 Å². The minimum absolute atomic E-state index is 0.0401. The molecule has 2 aliphatic rings. The molecule has 5 heterocycles. The largest absolute Gasteiger partial charge is 0.456 e. The van der Waals surface area contributed by atoms with Crippen LogP contribution in [0.2, 0.25) is 0 Å². The van der Waals surface area contributed by atoms with E-state index in [0.717, 1.165) is 67.8 Å². The fourth-order valence-electron chi connectivity index (χ4n) is 11.7. The summed E-state index contributed by atoms with van der Waals surface area (Å²) in [5.74, 6) is 0. The highest BCUT2D eigenvalue weighted by Gasteiger charge is 2.39. The van der Waals surface area contributed by atoms with Crippen molar-refractivity contribution in [1.82, 2.24) is 9.55 Å². The molecule has 12 aromatic rings. The van der Waals surface area contributed by atoms with Crippen molar-refractivity contribution in [2.45, 2.75) is 77.6 Å². The third-order valence-electron chi connectivity index (χ3n) is 15.5. The van der Waals surface area contributed by atoms with Crippen LogP contribution in [0.15, 0.2) is 144 Å². The van der Waals surface area contributed by atoms with Gasteiger partial charge in [0, 0.05) is 75.8 Å². The van der Waals surface area contributed by atoms with Crippen molar-refractivity contribution >= 4 is 126 Å². The summed E-state index contributed by atoms with van der Waals surface area (Å²) in [4.78, 5) is 5.31. The molecule has 1 radical (unpaired) electrons. The molecule has 0 unspecified atom stereocenters. The van der Waals surface area contributed by atoms with Gasteiger partial charge in [-0.25, -0.2) is 4.98 Å². The molecule has 8 aromatic carbocycles. The molecule has 14 rings (SSSR count). The van der Waals surface area contributed by atoms with Gasteiger partial charge in [0.2, 0.25) is 0 Å². The van der Waals surface area contributed by atoms with Crippen molar-refractivity contribution in [1.29, 1.82) is 0 Å². The topological polar surface area (TPSA) is 43.0 Å². The summed E-state index contributed by atoms with van der Waals surface area (Å²) in [6.07, 6.45) is 2.31. The smallest absolute Gasteiger partial charge is 0.198 e. The number of hydrogen-bond donors (Lipinski definition) is 1. The molecule has 7 heteroatoms. The summed E-state index contributed by atoms with van der Waals surface area (Å²) in [5, 5.41) is 12.5. The molecule has 4 aromatic heterocycles. The fraction of sp³-hybridized carbons (Fsp3) is 0.197. The first-order valence-corrected chi connectivity index (χ1v) is 25.6. The number of nitrogens with zero attached hydrogens (tertiary/aromatic N) is 2. The highest BCUT2D eigenvalue weighted by atomic mass is 32.1. The lowest BCUT2D eigenvalue weighted by atomic mass is 9.58. The highest BCUT2D eigenvalue weighted by Crippen LogP contribution is 2.53. The standard InChI is InChI=1S/C61H49BN3OS2/c1-59(2,3)34-21-23-35(24-22-34)63-44-31-49-38(36-17-11-13-19-48(36)66-49)27-39(44)54-55-56-52(53-37-18-12-14-20-50(37)67-57(53)54)40-28-41-42(61(6,7)26-25-60(41,4)5)29-46(40)65(56)47-32-51-45(30-43(47)62-55)64-58(68-51)33-15-9-8-10-16-33/h8-24,27-32,63H,25-26H2,1-7H3. The maximum atomic E-state index is 6.67. The van der Waals surface area contributed by atoms with Crippen LogP contribution in [-0.2, 0) is 16.2 Å². The van der Waals surface area contributed by atoms with Gasteiger partial charge in [-0.1, -0.05) is 133 Å². The van der Waals surface area contributed by atoms with Crippen LogP contribution in [0.4, 0.5) is 11.4 Å². The number of fused-ring (bicyclic) bond motifs is 14. The van der Waals surface area contributed by atoms with Crippen LogP contribution in [0.25, 0.3) is 102 Å². The van der Waals surface area contributed by atoms with E-state index in [9.17, 15) is 0 Å². The summed E-state index contributed by atoms with van der Waals surface area (Å²) in [6, 6.07) is 51.8. The molecule has 0 saturated carbocycles. The number of thiophene rings is 1. The molecule has 68 heavy (non-hydrogen) atoms. The normalized spacial score (nSPS) is 15.2. The molecule has 329 valence electrons. The Kier molecular flexibility index (Phi) is 8.30. The summed E-state index contributed by atoms with van der Waals surface area (Å²) < 4.78 is 13.1. The van der Waals surface area contributed by atoms with Gasteiger partial charge >= 0.3 is 0 Å². The lowest BCUT2D eigenvalue weighted by Crippen LogP contribution is -2.37. The van der Waals surface area contributed by atoms with Crippen LogP contribution in [0.1, 0.15) is 78.0 Å². The predicted molar refractivity (Wildman–Crippen MR) is 294 cm³/mol. The molecule has 0 bridgehead atoms. The number of benzene rings is 8. The van der Waals surface area contributed by atoms with Crippen molar-refractivity contribution < 1.29 is 4.42 Å². The van der Waals surface area contributed by atoms with Gasteiger partial charge in [0.05, 0.1) is 21.4 Å². The lowest BCUT2D eigenvalue weighted by molar-refractivity contribution is 0.332. The van der Waals surface area contributed by atoms with Crippen LogP contribution < -0.4 is 16.2 Å². The zero-order valence-corrected chi connectivity index (χ0v) is 41.0. The molecule has 4 nitrogen and oxygen atoms in total. The number of hydrogen-bond acceptors (Lipinski definition) is 5. The van der Waals surface area contributed by atoms with Crippen LogP contribution in [-0.4, -0.2) is 16.8 Å². The van der Waals surface area contributed by atoms with Gasteiger partial charge in [-0.05, 0) is 111 Å². The van der Waals surface area contributed by atoms with Crippen molar-refractivity contribution in [3.63, 3.8) is 0 Å². The first-order chi connectivity index (χ1) is 32.8. The second-order valence-electron chi connectivity index (χ2n) is 21.7. The number of furan rings is 1. The summed E-state index contributed by atoms with van der Waals surface area (Å²) in [6.45, 7) is 16.6. The number of para-hydroxylation sites is 1. The molecule has 0 amide bonds.